The van der Waals surface area contributed by atoms with E-state index in [-0.39, 0.29) is 29.4 Å². The van der Waals surface area contributed by atoms with Crippen LogP contribution in [0.4, 0.5) is 5.69 Å². The minimum atomic E-state index is -0.608. The lowest BCUT2D eigenvalue weighted by Gasteiger charge is -2.18. The first-order valence-corrected chi connectivity index (χ1v) is 8.44. The zero-order chi connectivity index (χ0) is 18.3. The molecular weight excluding hydrogens is 334 g/mol. The van der Waals surface area contributed by atoms with E-state index in [0.29, 0.717) is 24.3 Å². The highest BCUT2D eigenvalue weighted by molar-refractivity contribution is 6.22. The Bertz CT molecular complexity index is 895. The second kappa shape index (κ2) is 6.29. The molecule has 1 aromatic heterocycles. The quantitative estimate of drug-likeness (QED) is 0.367. The summed E-state index contributed by atoms with van der Waals surface area (Å²) < 4.78 is 10.2. The number of carbonyl (C=O) groups is 3. The SMILES string of the molecule is CC1=CCC2C(=O)N(c3ccc(OC(=O)c4ccco4)cc3)C(=O)C2C1. The van der Waals surface area contributed by atoms with Gasteiger partial charge in [0.2, 0.25) is 17.6 Å². The van der Waals surface area contributed by atoms with Gasteiger partial charge in [0, 0.05) is 0 Å². The molecule has 2 heterocycles. The summed E-state index contributed by atoms with van der Waals surface area (Å²) >= 11 is 0. The van der Waals surface area contributed by atoms with Crippen molar-refractivity contribution in [3.8, 4) is 5.75 Å². The van der Waals surface area contributed by atoms with Crippen molar-refractivity contribution in [1.82, 2.24) is 0 Å². The molecule has 1 aromatic carbocycles. The van der Waals surface area contributed by atoms with Crippen molar-refractivity contribution < 1.29 is 23.5 Å². The van der Waals surface area contributed by atoms with Crippen molar-refractivity contribution in [3.63, 3.8) is 0 Å². The van der Waals surface area contributed by atoms with Crippen molar-refractivity contribution in [2.75, 3.05) is 4.90 Å². The van der Waals surface area contributed by atoms with Crippen molar-refractivity contribution in [2.45, 2.75) is 19.8 Å². The normalized spacial score (nSPS) is 22.2. The molecule has 6 heteroatoms. The van der Waals surface area contributed by atoms with Crippen molar-refractivity contribution in [1.29, 1.82) is 0 Å². The van der Waals surface area contributed by atoms with Gasteiger partial charge in [-0.15, -0.1) is 0 Å². The van der Waals surface area contributed by atoms with E-state index >= 15 is 0 Å². The molecule has 0 spiro atoms. The van der Waals surface area contributed by atoms with Crippen molar-refractivity contribution >= 4 is 23.5 Å². The lowest BCUT2D eigenvalue weighted by Crippen LogP contribution is -2.30. The lowest BCUT2D eigenvalue weighted by molar-refractivity contribution is -0.122. The van der Waals surface area contributed by atoms with Crippen LogP contribution in [0.1, 0.15) is 30.3 Å². The Morgan fingerprint density at radius 1 is 1.12 bits per heavy atom. The molecule has 2 unspecified atom stereocenters. The summed E-state index contributed by atoms with van der Waals surface area (Å²) in [5.41, 5.74) is 1.64. The summed E-state index contributed by atoms with van der Waals surface area (Å²) in [4.78, 5) is 38.5. The second-order valence-corrected chi connectivity index (χ2v) is 6.58. The van der Waals surface area contributed by atoms with Gasteiger partial charge in [0.15, 0.2) is 0 Å². The van der Waals surface area contributed by atoms with Crippen LogP contribution in [-0.2, 0) is 9.59 Å². The molecule has 132 valence electrons. The number of esters is 1. The van der Waals surface area contributed by atoms with Gasteiger partial charge in [-0.2, -0.15) is 0 Å². The first-order valence-electron chi connectivity index (χ1n) is 8.44. The highest BCUT2D eigenvalue weighted by Gasteiger charge is 2.48. The predicted molar refractivity (Wildman–Crippen MR) is 92.6 cm³/mol. The first-order chi connectivity index (χ1) is 12.5. The topological polar surface area (TPSA) is 76.8 Å². The average Bonchev–Trinajstić information content (AvgIpc) is 3.24. The second-order valence-electron chi connectivity index (χ2n) is 6.58. The molecule has 2 aromatic rings. The molecule has 1 saturated heterocycles. The summed E-state index contributed by atoms with van der Waals surface area (Å²) in [5.74, 6) is -1.07. The number of benzene rings is 1. The minimum Gasteiger partial charge on any atom is -0.457 e. The van der Waals surface area contributed by atoms with Gasteiger partial charge in [0.05, 0.1) is 23.8 Å². The molecule has 26 heavy (non-hydrogen) atoms. The number of hydrogen-bond donors (Lipinski definition) is 0. The van der Waals surface area contributed by atoms with Crippen LogP contribution in [0.25, 0.3) is 0 Å². The maximum Gasteiger partial charge on any atom is 0.379 e. The van der Waals surface area contributed by atoms with Crippen LogP contribution in [0.5, 0.6) is 5.75 Å². The van der Waals surface area contributed by atoms with Gasteiger partial charge in [0.1, 0.15) is 5.75 Å². The standard InChI is InChI=1S/C20H17NO5/c1-12-4-9-15-16(11-12)19(23)21(18(15)22)13-5-7-14(8-6-13)26-20(24)17-3-2-10-25-17/h2-8,10,15-16H,9,11H2,1H3. The fourth-order valence-corrected chi connectivity index (χ4v) is 3.51. The minimum absolute atomic E-state index is 0.103. The average molecular weight is 351 g/mol. The number of hydrogen-bond acceptors (Lipinski definition) is 5. The molecule has 0 saturated carbocycles. The van der Waals surface area contributed by atoms with Crippen LogP contribution < -0.4 is 9.64 Å². The maximum atomic E-state index is 12.7. The number of nitrogens with zero attached hydrogens (tertiary/aromatic N) is 1. The van der Waals surface area contributed by atoms with E-state index in [1.165, 1.54) is 17.2 Å². The fourth-order valence-electron chi connectivity index (χ4n) is 3.51. The van der Waals surface area contributed by atoms with Gasteiger partial charge in [-0.1, -0.05) is 11.6 Å². The monoisotopic (exact) mass is 351 g/mol. The lowest BCUT2D eigenvalue weighted by atomic mass is 9.82. The van der Waals surface area contributed by atoms with Crippen LogP contribution >= 0.6 is 0 Å². The predicted octanol–water partition coefficient (Wildman–Crippen LogP) is 3.34. The molecule has 1 fully saturated rings. The molecular formula is C20H17NO5. The van der Waals surface area contributed by atoms with Crippen LogP contribution in [-0.4, -0.2) is 17.8 Å². The zero-order valence-electron chi connectivity index (χ0n) is 14.2. The number of ether oxygens (including phenoxy) is 1. The van der Waals surface area contributed by atoms with Crippen LogP contribution in [0.15, 0.2) is 58.7 Å². The molecule has 2 amide bonds. The number of amides is 2. The summed E-state index contributed by atoms with van der Waals surface area (Å²) in [7, 11) is 0. The first kappa shape index (κ1) is 16.3. The summed E-state index contributed by atoms with van der Waals surface area (Å²) in [5, 5.41) is 0. The molecule has 1 aliphatic carbocycles. The highest BCUT2D eigenvalue weighted by Crippen LogP contribution is 2.39. The number of carbonyl (C=O) groups excluding carboxylic acids is 3. The fraction of sp³-hybridized carbons (Fsp3) is 0.250. The number of allylic oxidation sites excluding steroid dienone is 2. The van der Waals surface area contributed by atoms with Gasteiger partial charge < -0.3 is 9.15 Å². The molecule has 0 N–H and O–H groups in total. The third-order valence-electron chi connectivity index (χ3n) is 4.85. The summed E-state index contributed by atoms with van der Waals surface area (Å²) in [6, 6.07) is 9.44. The van der Waals surface area contributed by atoms with Crippen molar-refractivity contribution in [3.05, 3.63) is 60.1 Å². The maximum absolute atomic E-state index is 12.7. The number of anilines is 1. The summed E-state index contributed by atoms with van der Waals surface area (Å²) in [6.07, 6.45) is 4.66. The van der Waals surface area contributed by atoms with Crippen molar-refractivity contribution in [2.24, 2.45) is 11.8 Å². The number of rotatable bonds is 3. The van der Waals surface area contributed by atoms with Crippen LogP contribution in [0, 0.1) is 11.8 Å². The third kappa shape index (κ3) is 2.73. The van der Waals surface area contributed by atoms with E-state index < -0.39 is 5.97 Å². The Balaban J connectivity index is 1.51. The Morgan fingerprint density at radius 3 is 2.54 bits per heavy atom. The Hall–Kier alpha value is -3.15. The third-order valence-corrected chi connectivity index (χ3v) is 4.85. The van der Waals surface area contributed by atoms with E-state index in [4.69, 9.17) is 9.15 Å². The molecule has 4 rings (SSSR count). The Morgan fingerprint density at radius 2 is 1.85 bits per heavy atom. The van der Waals surface area contributed by atoms with Gasteiger partial charge >= 0.3 is 5.97 Å². The highest BCUT2D eigenvalue weighted by atomic mass is 16.5. The van der Waals surface area contributed by atoms with Gasteiger partial charge in [-0.05, 0) is 56.2 Å². The van der Waals surface area contributed by atoms with Gasteiger partial charge in [-0.25, -0.2) is 4.79 Å². The molecule has 2 atom stereocenters. The van der Waals surface area contributed by atoms with E-state index in [9.17, 15) is 14.4 Å². The van der Waals surface area contributed by atoms with Crippen LogP contribution in [0.2, 0.25) is 0 Å². The Kier molecular flexibility index (Phi) is 3.95. The smallest absolute Gasteiger partial charge is 0.379 e. The number of furan rings is 1. The largest absolute Gasteiger partial charge is 0.457 e. The molecule has 0 bridgehead atoms. The molecule has 6 nitrogen and oxygen atoms in total. The number of fused-ring (bicyclic) bond motifs is 1. The van der Waals surface area contributed by atoms with E-state index in [2.05, 4.69) is 0 Å². The summed E-state index contributed by atoms with van der Waals surface area (Å²) in [6.45, 7) is 1.98. The van der Waals surface area contributed by atoms with E-state index in [1.807, 2.05) is 13.0 Å². The Labute approximate surface area is 150 Å². The van der Waals surface area contributed by atoms with Crippen LogP contribution in [0.3, 0.4) is 0 Å². The van der Waals surface area contributed by atoms with E-state index in [1.54, 1.807) is 30.3 Å². The number of imide groups is 1. The van der Waals surface area contributed by atoms with Gasteiger partial charge in [0.25, 0.3) is 0 Å². The molecule has 1 aliphatic heterocycles. The zero-order valence-corrected chi connectivity index (χ0v) is 14.2. The van der Waals surface area contributed by atoms with Gasteiger partial charge in [-0.3, -0.25) is 14.5 Å². The molecule has 2 aliphatic rings. The van der Waals surface area contributed by atoms with E-state index in [0.717, 1.165) is 5.57 Å². The molecule has 0 radical (unpaired) electrons.